The van der Waals surface area contributed by atoms with Crippen LogP contribution in [0.25, 0.3) is 0 Å². The molecule has 1 amide bonds. The normalized spacial score (nSPS) is 14.9. The quantitative estimate of drug-likeness (QED) is 0.750. The van der Waals surface area contributed by atoms with Crippen molar-refractivity contribution in [3.63, 3.8) is 0 Å². The van der Waals surface area contributed by atoms with Crippen LogP contribution in [0, 0.1) is 0 Å². The zero-order valence-electron chi connectivity index (χ0n) is 15.0. The first-order chi connectivity index (χ1) is 13.5. The number of amides is 1. The fourth-order valence-electron chi connectivity index (χ4n) is 2.92. The number of alkyl halides is 2. The van der Waals surface area contributed by atoms with Gasteiger partial charge in [0.15, 0.2) is 5.69 Å². The number of H-pyrrole nitrogens is 1. The van der Waals surface area contributed by atoms with Crippen molar-refractivity contribution < 1.29 is 23.5 Å². The average molecular weight is 415 g/mol. The van der Waals surface area contributed by atoms with Gasteiger partial charge >= 0.3 is 0 Å². The minimum Gasteiger partial charge on any atom is -0.483 e. The molecule has 0 radical (unpaired) electrons. The number of nitrogens with zero attached hydrogens (tertiary/aromatic N) is 3. The first-order valence-electron chi connectivity index (χ1n) is 8.62. The summed E-state index contributed by atoms with van der Waals surface area (Å²) in [7, 11) is 0. The number of aromatic amines is 1. The molecule has 3 rings (SSSR count). The number of rotatable bonds is 4. The van der Waals surface area contributed by atoms with Gasteiger partial charge in [0, 0.05) is 37.7 Å². The van der Waals surface area contributed by atoms with Gasteiger partial charge in [-0.3, -0.25) is 19.6 Å². The zero-order valence-corrected chi connectivity index (χ0v) is 15.8. The molecule has 1 aromatic carbocycles. The second-order valence-electron chi connectivity index (χ2n) is 6.13. The number of carbonyl (C=O) groups is 2. The molecule has 0 atom stereocenters. The van der Waals surface area contributed by atoms with Crippen LogP contribution in [-0.2, 0) is 11.3 Å². The van der Waals surface area contributed by atoms with Gasteiger partial charge < -0.3 is 10.0 Å². The molecule has 1 fully saturated rings. The molecule has 1 saturated heterocycles. The van der Waals surface area contributed by atoms with Gasteiger partial charge in [-0.1, -0.05) is 29.8 Å². The lowest BCUT2D eigenvalue weighted by molar-refractivity contribution is -0.122. The van der Waals surface area contributed by atoms with Crippen LogP contribution in [0.4, 0.5) is 8.78 Å². The summed E-state index contributed by atoms with van der Waals surface area (Å²) in [4.78, 5) is 24.7. The smallest absolute Gasteiger partial charge is 0.290 e. The number of benzene rings is 1. The number of halogens is 3. The van der Waals surface area contributed by atoms with Gasteiger partial charge in [-0.25, -0.2) is 8.78 Å². The van der Waals surface area contributed by atoms with Gasteiger partial charge in [-0.05, 0) is 24.1 Å². The molecule has 0 unspecified atom stereocenters. The van der Waals surface area contributed by atoms with Gasteiger partial charge in [0.1, 0.15) is 5.69 Å². The van der Waals surface area contributed by atoms with E-state index in [0.29, 0.717) is 19.6 Å². The van der Waals surface area contributed by atoms with Crippen molar-refractivity contribution in [3.8, 4) is 0 Å². The Morgan fingerprint density at radius 2 is 2.00 bits per heavy atom. The van der Waals surface area contributed by atoms with Crippen molar-refractivity contribution in [2.75, 3.05) is 26.2 Å². The maximum atomic E-state index is 12.6. The summed E-state index contributed by atoms with van der Waals surface area (Å²) in [6.45, 7) is 3.12. The van der Waals surface area contributed by atoms with E-state index in [1.807, 2.05) is 24.3 Å². The Morgan fingerprint density at radius 1 is 1.29 bits per heavy atom. The van der Waals surface area contributed by atoms with E-state index in [0.717, 1.165) is 36.2 Å². The van der Waals surface area contributed by atoms with E-state index in [1.165, 1.54) is 0 Å². The fourth-order valence-corrected chi connectivity index (χ4v) is 3.12. The minimum absolute atomic E-state index is 0.0369. The largest absolute Gasteiger partial charge is 0.483 e. The number of nitrogens with one attached hydrogen (secondary N) is 1. The van der Waals surface area contributed by atoms with Crippen LogP contribution in [0.1, 0.15) is 34.6 Å². The average Bonchev–Trinajstić information content (AvgIpc) is 3.05. The molecule has 0 bridgehead atoms. The minimum atomic E-state index is -2.66. The summed E-state index contributed by atoms with van der Waals surface area (Å²) in [5.74, 6) is -0.317. The molecule has 1 aromatic heterocycles. The third-order valence-electron chi connectivity index (χ3n) is 4.28. The van der Waals surface area contributed by atoms with Crippen molar-refractivity contribution in [3.05, 3.63) is 52.3 Å². The van der Waals surface area contributed by atoms with Crippen molar-refractivity contribution in [2.45, 2.75) is 19.4 Å². The standard InChI is InChI=1S/C17H19ClF2N4O.CH2O2/c18-13-5-2-1-4-12(13)11-23-6-3-7-24(9-8-23)17(25)15-10-14(16(19)20)21-22-15;2-1-3/h1-2,4-5,10,16H,3,6-9,11H2,(H,21,22);1H,(H,2,3). The van der Waals surface area contributed by atoms with Crippen LogP contribution in [-0.4, -0.2) is 63.7 Å². The second-order valence-corrected chi connectivity index (χ2v) is 6.54. The highest BCUT2D eigenvalue weighted by Crippen LogP contribution is 2.19. The van der Waals surface area contributed by atoms with Crippen LogP contribution in [0.2, 0.25) is 5.02 Å². The monoisotopic (exact) mass is 414 g/mol. The lowest BCUT2D eigenvalue weighted by Crippen LogP contribution is -2.35. The maximum Gasteiger partial charge on any atom is 0.290 e. The van der Waals surface area contributed by atoms with Crippen molar-refractivity contribution in [1.29, 1.82) is 0 Å². The van der Waals surface area contributed by atoms with Crippen LogP contribution in [0.15, 0.2) is 30.3 Å². The summed E-state index contributed by atoms with van der Waals surface area (Å²) in [6.07, 6.45) is -1.85. The van der Waals surface area contributed by atoms with E-state index in [-0.39, 0.29) is 23.8 Å². The molecule has 1 aliphatic rings. The molecule has 1 aliphatic heterocycles. The Kier molecular flexibility index (Phi) is 8.34. The van der Waals surface area contributed by atoms with Gasteiger partial charge in [0.05, 0.1) is 0 Å². The number of carboxylic acid groups (broad SMARTS) is 1. The first-order valence-corrected chi connectivity index (χ1v) is 9.00. The predicted octanol–water partition coefficient (Wildman–Crippen LogP) is 3.05. The highest BCUT2D eigenvalue weighted by Gasteiger charge is 2.23. The third-order valence-corrected chi connectivity index (χ3v) is 4.65. The lowest BCUT2D eigenvalue weighted by atomic mass is 10.2. The summed E-state index contributed by atoms with van der Waals surface area (Å²) in [5.41, 5.74) is 0.756. The predicted molar refractivity (Wildman–Crippen MR) is 99.5 cm³/mol. The van der Waals surface area contributed by atoms with Crippen molar-refractivity contribution in [1.82, 2.24) is 20.0 Å². The highest BCUT2D eigenvalue weighted by molar-refractivity contribution is 6.31. The van der Waals surface area contributed by atoms with Crippen LogP contribution in [0.5, 0.6) is 0 Å². The lowest BCUT2D eigenvalue weighted by Gasteiger charge is -2.21. The Labute approximate surface area is 165 Å². The SMILES string of the molecule is O=C(c1cc(C(F)F)[nH]n1)N1CCCN(Cc2ccccc2Cl)CC1.O=CO. The molecule has 0 saturated carbocycles. The molecule has 152 valence electrons. The zero-order chi connectivity index (χ0) is 20.5. The van der Waals surface area contributed by atoms with Gasteiger partial charge in [0.25, 0.3) is 18.8 Å². The van der Waals surface area contributed by atoms with Crippen LogP contribution < -0.4 is 0 Å². The summed E-state index contributed by atoms with van der Waals surface area (Å²) in [5, 5.41) is 13.6. The molecular formula is C18H21ClF2N4O3. The van der Waals surface area contributed by atoms with E-state index in [2.05, 4.69) is 15.1 Å². The Morgan fingerprint density at radius 3 is 2.64 bits per heavy atom. The second kappa shape index (κ2) is 10.7. The maximum absolute atomic E-state index is 12.6. The molecule has 28 heavy (non-hydrogen) atoms. The van der Waals surface area contributed by atoms with Gasteiger partial charge in [-0.2, -0.15) is 5.10 Å². The summed E-state index contributed by atoms with van der Waals surface area (Å²) < 4.78 is 25.3. The van der Waals surface area contributed by atoms with Crippen LogP contribution in [0.3, 0.4) is 0 Å². The topological polar surface area (TPSA) is 89.5 Å². The van der Waals surface area contributed by atoms with Crippen molar-refractivity contribution in [2.24, 2.45) is 0 Å². The number of hydrogen-bond acceptors (Lipinski definition) is 4. The molecule has 0 spiro atoms. The van der Waals surface area contributed by atoms with E-state index < -0.39 is 6.43 Å². The van der Waals surface area contributed by atoms with E-state index in [1.54, 1.807) is 4.90 Å². The third kappa shape index (κ3) is 6.00. The highest BCUT2D eigenvalue weighted by atomic mass is 35.5. The summed E-state index contributed by atoms with van der Waals surface area (Å²) in [6, 6.07) is 8.83. The molecule has 2 heterocycles. The van der Waals surface area contributed by atoms with Crippen LogP contribution >= 0.6 is 11.6 Å². The Balaban J connectivity index is 0.000000878. The number of carbonyl (C=O) groups excluding carboxylic acids is 1. The Hall–Kier alpha value is -2.52. The number of aromatic nitrogens is 2. The summed E-state index contributed by atoms with van der Waals surface area (Å²) >= 11 is 6.21. The van der Waals surface area contributed by atoms with Gasteiger partial charge in [0.2, 0.25) is 0 Å². The van der Waals surface area contributed by atoms with Gasteiger partial charge in [-0.15, -0.1) is 0 Å². The molecular weight excluding hydrogens is 394 g/mol. The molecule has 2 N–H and O–H groups in total. The molecule has 10 heteroatoms. The first kappa shape index (κ1) is 21.8. The fraction of sp³-hybridized carbons (Fsp3) is 0.389. The van der Waals surface area contributed by atoms with E-state index in [4.69, 9.17) is 21.5 Å². The number of hydrogen-bond donors (Lipinski definition) is 2. The Bertz CT molecular complexity index is 788. The molecule has 0 aliphatic carbocycles. The van der Waals surface area contributed by atoms with E-state index in [9.17, 15) is 13.6 Å². The van der Waals surface area contributed by atoms with Crippen molar-refractivity contribution >= 4 is 24.0 Å². The molecule has 2 aromatic rings. The van der Waals surface area contributed by atoms with E-state index >= 15 is 0 Å². The molecule has 7 nitrogen and oxygen atoms in total.